The van der Waals surface area contributed by atoms with Crippen molar-refractivity contribution < 1.29 is 22.7 Å². The van der Waals surface area contributed by atoms with Crippen LogP contribution in [0.2, 0.25) is 5.02 Å². The summed E-state index contributed by atoms with van der Waals surface area (Å²) in [7, 11) is 0. The summed E-state index contributed by atoms with van der Waals surface area (Å²) in [6, 6.07) is 5.22. The highest BCUT2D eigenvalue weighted by molar-refractivity contribution is 6.30. The summed E-state index contributed by atoms with van der Waals surface area (Å²) in [6.07, 6.45) is 1.80. The summed E-state index contributed by atoms with van der Waals surface area (Å²) in [5.74, 6) is -2.78. The smallest absolute Gasteiger partial charge is 0.262 e. The van der Waals surface area contributed by atoms with Crippen molar-refractivity contribution in [3.63, 3.8) is 0 Å². The minimum absolute atomic E-state index is 0.0300. The molecule has 2 atom stereocenters. The molecule has 2 aromatic rings. The molecule has 1 spiro atoms. The molecule has 1 aromatic heterocycles. The number of fused-ring (bicyclic) bond motifs is 2. The van der Waals surface area contributed by atoms with Crippen LogP contribution in [0.1, 0.15) is 29.7 Å². The van der Waals surface area contributed by atoms with E-state index in [1.807, 2.05) is 0 Å². The Hall–Kier alpha value is -2.12. The van der Waals surface area contributed by atoms with E-state index in [1.54, 1.807) is 6.07 Å². The Bertz CT molecular complexity index is 904. The van der Waals surface area contributed by atoms with Crippen LogP contribution in [0.5, 0.6) is 0 Å². The average Bonchev–Trinajstić information content (AvgIpc) is 3.43. The number of epoxide rings is 1. The Morgan fingerprint density at radius 2 is 2.08 bits per heavy atom. The Morgan fingerprint density at radius 3 is 2.81 bits per heavy atom. The van der Waals surface area contributed by atoms with Crippen LogP contribution in [0.15, 0.2) is 30.5 Å². The highest BCUT2D eigenvalue weighted by Gasteiger charge is 2.58. The number of ether oxygens (including phenoxy) is 1. The molecule has 1 amide bonds. The average molecular weight is 383 g/mol. The van der Waals surface area contributed by atoms with Crippen LogP contribution in [0.4, 0.5) is 13.2 Å². The fourth-order valence-corrected chi connectivity index (χ4v) is 3.52. The molecule has 2 heterocycles. The second-order valence-corrected chi connectivity index (χ2v) is 6.88. The van der Waals surface area contributed by atoms with Gasteiger partial charge < -0.3 is 10.1 Å². The summed E-state index contributed by atoms with van der Waals surface area (Å²) in [6.45, 7) is 0.140. The first-order chi connectivity index (χ1) is 12.4. The van der Waals surface area contributed by atoms with Crippen LogP contribution in [-0.2, 0) is 27.3 Å². The predicted molar refractivity (Wildman–Crippen MR) is 87.1 cm³/mol. The van der Waals surface area contributed by atoms with Gasteiger partial charge in [0.15, 0.2) is 0 Å². The fourth-order valence-electron chi connectivity index (χ4n) is 3.34. The number of aromatic nitrogens is 1. The Morgan fingerprint density at radius 1 is 1.31 bits per heavy atom. The van der Waals surface area contributed by atoms with Gasteiger partial charge in [-0.15, -0.1) is 0 Å². The first-order valence-electron chi connectivity index (χ1n) is 8.07. The number of halogens is 4. The van der Waals surface area contributed by atoms with Gasteiger partial charge in [0.25, 0.3) is 5.91 Å². The van der Waals surface area contributed by atoms with Gasteiger partial charge in [0.2, 0.25) is 5.67 Å². The monoisotopic (exact) mass is 382 g/mol. The molecule has 1 aliphatic carbocycles. The predicted octanol–water partition coefficient (Wildman–Crippen LogP) is 3.51. The van der Waals surface area contributed by atoms with Gasteiger partial charge in [-0.25, -0.2) is 13.2 Å². The van der Waals surface area contributed by atoms with Crippen molar-refractivity contribution in [2.75, 3.05) is 6.61 Å². The van der Waals surface area contributed by atoms with E-state index < -0.39 is 33.8 Å². The third-order valence-corrected chi connectivity index (χ3v) is 5.29. The molecule has 4 rings (SSSR count). The highest BCUT2D eigenvalue weighted by atomic mass is 35.5. The van der Waals surface area contributed by atoms with Crippen molar-refractivity contribution in [2.45, 2.75) is 30.7 Å². The van der Waals surface area contributed by atoms with Gasteiger partial charge in [0.1, 0.15) is 22.3 Å². The van der Waals surface area contributed by atoms with E-state index in [1.165, 1.54) is 12.3 Å². The number of rotatable bonds is 3. The van der Waals surface area contributed by atoms with Crippen LogP contribution >= 0.6 is 11.6 Å². The van der Waals surface area contributed by atoms with Crippen LogP contribution in [-0.4, -0.2) is 17.5 Å². The standard InChI is InChI=1S/C18H14ClF3N2O2/c19-13-12(20)4-3-10(14(13)21)8-24-16(25)18(22)6-5-17(9-26-17)15-11(18)2-1-7-23-15/h1-4,7H,5-6,8-9H2,(H,24,25)/t17-,18+/m1/s1. The molecule has 1 saturated heterocycles. The maximum absolute atomic E-state index is 15.6. The molecule has 0 unspecified atom stereocenters. The zero-order valence-corrected chi connectivity index (χ0v) is 14.2. The summed E-state index contributed by atoms with van der Waals surface area (Å²) < 4.78 is 48.2. The SMILES string of the molecule is O=C(NCc1ccc(F)c(Cl)c1F)[C@]1(F)CC[C@@]2(CO2)c2ncccc21. The van der Waals surface area contributed by atoms with Crippen LogP contribution in [0.25, 0.3) is 0 Å². The first-order valence-corrected chi connectivity index (χ1v) is 8.45. The van der Waals surface area contributed by atoms with Crippen molar-refractivity contribution in [3.8, 4) is 0 Å². The van der Waals surface area contributed by atoms with E-state index in [2.05, 4.69) is 10.3 Å². The minimum atomic E-state index is -2.29. The molecule has 0 bridgehead atoms. The van der Waals surface area contributed by atoms with Crippen molar-refractivity contribution >= 4 is 17.5 Å². The topological polar surface area (TPSA) is 54.5 Å². The summed E-state index contributed by atoms with van der Waals surface area (Å²) >= 11 is 5.52. The molecule has 0 radical (unpaired) electrons. The van der Waals surface area contributed by atoms with E-state index >= 15 is 4.39 Å². The van der Waals surface area contributed by atoms with Gasteiger partial charge in [-0.1, -0.05) is 23.7 Å². The lowest BCUT2D eigenvalue weighted by molar-refractivity contribution is -0.135. The molecule has 4 nitrogen and oxygen atoms in total. The van der Waals surface area contributed by atoms with Gasteiger partial charge in [-0.05, 0) is 25.0 Å². The largest absolute Gasteiger partial charge is 0.363 e. The number of nitrogens with one attached hydrogen (secondary N) is 1. The van der Waals surface area contributed by atoms with Crippen molar-refractivity contribution in [2.24, 2.45) is 0 Å². The van der Waals surface area contributed by atoms with Crippen LogP contribution in [0.3, 0.4) is 0 Å². The third-order valence-electron chi connectivity index (χ3n) is 4.95. The summed E-state index contributed by atoms with van der Waals surface area (Å²) in [4.78, 5) is 16.8. The molecule has 2 aliphatic rings. The Balaban J connectivity index is 1.58. The molecule has 1 fully saturated rings. The summed E-state index contributed by atoms with van der Waals surface area (Å²) in [5, 5.41) is 1.72. The van der Waals surface area contributed by atoms with E-state index in [0.29, 0.717) is 18.7 Å². The van der Waals surface area contributed by atoms with Gasteiger partial charge in [-0.3, -0.25) is 9.78 Å². The second-order valence-electron chi connectivity index (χ2n) is 6.50. The lowest BCUT2D eigenvalue weighted by Crippen LogP contribution is -2.45. The molecule has 1 aliphatic heterocycles. The zero-order chi connectivity index (χ0) is 18.5. The Kier molecular flexibility index (Phi) is 3.96. The van der Waals surface area contributed by atoms with E-state index in [4.69, 9.17) is 16.3 Å². The molecule has 1 N–H and O–H groups in total. The zero-order valence-electron chi connectivity index (χ0n) is 13.5. The fraction of sp³-hybridized carbons (Fsp3) is 0.333. The van der Waals surface area contributed by atoms with Gasteiger partial charge in [0.05, 0.1) is 12.3 Å². The highest BCUT2D eigenvalue weighted by Crippen LogP contribution is 2.53. The maximum atomic E-state index is 15.6. The van der Waals surface area contributed by atoms with Gasteiger partial charge in [0, 0.05) is 23.9 Å². The Labute approximate surface area is 152 Å². The molecule has 0 saturated carbocycles. The summed E-state index contributed by atoms with van der Waals surface area (Å²) in [5.41, 5.74) is -2.32. The number of carbonyl (C=O) groups is 1. The van der Waals surface area contributed by atoms with E-state index in [9.17, 15) is 13.6 Å². The van der Waals surface area contributed by atoms with Gasteiger partial charge >= 0.3 is 0 Å². The second kappa shape index (κ2) is 5.96. The quantitative estimate of drug-likeness (QED) is 0.653. The number of hydrogen-bond acceptors (Lipinski definition) is 3. The number of nitrogens with zero attached hydrogens (tertiary/aromatic N) is 1. The first kappa shape index (κ1) is 17.3. The van der Waals surface area contributed by atoms with E-state index in [-0.39, 0.29) is 24.1 Å². The number of amides is 1. The van der Waals surface area contributed by atoms with Crippen LogP contribution < -0.4 is 5.32 Å². The van der Waals surface area contributed by atoms with Crippen molar-refractivity contribution in [1.29, 1.82) is 0 Å². The molecule has 136 valence electrons. The number of hydrogen-bond donors (Lipinski definition) is 1. The van der Waals surface area contributed by atoms with Crippen LogP contribution in [0, 0.1) is 11.6 Å². The van der Waals surface area contributed by atoms with E-state index in [0.717, 1.165) is 12.1 Å². The number of alkyl halides is 1. The van der Waals surface area contributed by atoms with Crippen molar-refractivity contribution in [1.82, 2.24) is 10.3 Å². The lowest BCUT2D eigenvalue weighted by Gasteiger charge is -2.33. The van der Waals surface area contributed by atoms with Crippen molar-refractivity contribution in [3.05, 3.63) is 63.9 Å². The lowest BCUT2D eigenvalue weighted by atomic mass is 9.77. The molecule has 8 heteroatoms. The molecule has 1 aromatic carbocycles. The van der Waals surface area contributed by atoms with Gasteiger partial charge in [-0.2, -0.15) is 0 Å². The number of benzene rings is 1. The number of pyridine rings is 1. The minimum Gasteiger partial charge on any atom is -0.363 e. The molecular weight excluding hydrogens is 369 g/mol. The maximum Gasteiger partial charge on any atom is 0.262 e. The number of carbonyl (C=O) groups excluding carboxylic acids is 1. The third kappa shape index (κ3) is 2.57. The normalized spacial score (nSPS) is 26.5. The molecular formula is C18H14ClF3N2O2. The molecule has 26 heavy (non-hydrogen) atoms.